The summed E-state index contributed by atoms with van der Waals surface area (Å²) >= 11 is 0. The van der Waals surface area contributed by atoms with Crippen molar-refractivity contribution in [1.29, 1.82) is 5.41 Å². The van der Waals surface area contributed by atoms with Crippen molar-refractivity contribution in [3.8, 4) is 11.5 Å². The van der Waals surface area contributed by atoms with Crippen LogP contribution in [0.25, 0.3) is 0 Å². The standard InChI is InChI=1S/C37H35N5O7S/c1-48-31-21-29(30(42-50(46,47)28-15-9-4-10-16-28)22-32(31)49-23-24-11-5-2-6-12-24)34(40-27-19-17-26(18-20-27)35(38)39)36(43)41-33(37(44)45)25-13-7-3-8-14-25/h2-22,33-34,40,42H,23H2,1H3,(H3,38,39)(H,41,43)(H,44,45)/t33-,34-/m0/s1. The lowest BCUT2D eigenvalue weighted by Gasteiger charge is -2.26. The number of rotatable bonds is 15. The number of carboxylic acid groups (broad SMARTS) is 1. The molecule has 13 heteroatoms. The topological polar surface area (TPSA) is 193 Å². The van der Waals surface area contributed by atoms with Crippen molar-refractivity contribution in [2.24, 2.45) is 5.73 Å². The van der Waals surface area contributed by atoms with E-state index in [9.17, 15) is 23.1 Å². The summed E-state index contributed by atoms with van der Waals surface area (Å²) in [6, 6.07) is 31.6. The fraction of sp³-hybridized carbons (Fsp3) is 0.108. The summed E-state index contributed by atoms with van der Waals surface area (Å²) in [6.45, 7) is 0.128. The molecule has 2 atom stereocenters. The third kappa shape index (κ3) is 8.57. The monoisotopic (exact) mass is 693 g/mol. The van der Waals surface area contributed by atoms with Crippen molar-refractivity contribution in [3.05, 3.63) is 150 Å². The number of ether oxygens (including phenoxy) is 2. The van der Waals surface area contributed by atoms with E-state index in [1.807, 2.05) is 30.3 Å². The zero-order valence-electron chi connectivity index (χ0n) is 26.9. The van der Waals surface area contributed by atoms with Gasteiger partial charge in [-0.3, -0.25) is 14.9 Å². The van der Waals surface area contributed by atoms with Gasteiger partial charge in [-0.05, 0) is 53.6 Å². The van der Waals surface area contributed by atoms with Gasteiger partial charge in [-0.2, -0.15) is 0 Å². The normalized spacial score (nSPS) is 12.2. The molecule has 0 bridgehead atoms. The molecule has 12 nitrogen and oxygen atoms in total. The highest BCUT2D eigenvalue weighted by atomic mass is 32.2. The zero-order valence-corrected chi connectivity index (χ0v) is 27.7. The van der Waals surface area contributed by atoms with Crippen LogP contribution in [0.15, 0.2) is 132 Å². The molecule has 0 aliphatic rings. The highest BCUT2D eigenvalue weighted by molar-refractivity contribution is 7.92. The first-order valence-electron chi connectivity index (χ1n) is 15.3. The lowest BCUT2D eigenvalue weighted by Crippen LogP contribution is -2.39. The average Bonchev–Trinajstić information content (AvgIpc) is 3.13. The van der Waals surface area contributed by atoms with E-state index in [1.165, 1.54) is 31.4 Å². The summed E-state index contributed by atoms with van der Waals surface area (Å²) in [5.41, 5.74) is 7.69. The summed E-state index contributed by atoms with van der Waals surface area (Å²) in [7, 11) is -2.80. The third-order valence-electron chi connectivity index (χ3n) is 7.62. The molecule has 7 N–H and O–H groups in total. The number of carboxylic acids is 1. The van der Waals surface area contributed by atoms with Crippen LogP contribution in [0.1, 0.15) is 34.3 Å². The van der Waals surface area contributed by atoms with Gasteiger partial charge in [0.15, 0.2) is 17.5 Å². The number of aliphatic carboxylic acids is 1. The van der Waals surface area contributed by atoms with Crippen molar-refractivity contribution in [2.75, 3.05) is 17.1 Å². The maximum absolute atomic E-state index is 14.3. The van der Waals surface area contributed by atoms with Gasteiger partial charge in [-0.25, -0.2) is 13.2 Å². The molecule has 5 aromatic carbocycles. The Kier molecular flexibility index (Phi) is 11.0. The largest absolute Gasteiger partial charge is 0.493 e. The molecule has 0 spiro atoms. The number of carbonyl (C=O) groups is 2. The first-order valence-corrected chi connectivity index (χ1v) is 16.8. The lowest BCUT2D eigenvalue weighted by atomic mass is 10.0. The third-order valence-corrected chi connectivity index (χ3v) is 9.00. The number of methoxy groups -OCH3 is 1. The molecule has 0 saturated heterocycles. The minimum absolute atomic E-state index is 0.0303. The average molecular weight is 694 g/mol. The Hall–Kier alpha value is -6.34. The smallest absolute Gasteiger partial charge is 0.330 e. The van der Waals surface area contributed by atoms with Crippen molar-refractivity contribution in [3.63, 3.8) is 0 Å². The molecule has 0 radical (unpaired) electrons. The summed E-state index contributed by atoms with van der Waals surface area (Å²) < 4.78 is 41.7. The van der Waals surface area contributed by atoms with Crippen molar-refractivity contribution < 1.29 is 32.6 Å². The number of nitrogens with one attached hydrogen (secondary N) is 4. The molecule has 0 aromatic heterocycles. The van der Waals surface area contributed by atoms with Gasteiger partial charge in [-0.15, -0.1) is 0 Å². The van der Waals surface area contributed by atoms with Gasteiger partial charge in [-0.1, -0.05) is 78.9 Å². The number of nitrogens with two attached hydrogens (primary N) is 1. The Morgan fingerprint density at radius 2 is 1.42 bits per heavy atom. The Morgan fingerprint density at radius 1 is 0.820 bits per heavy atom. The zero-order chi connectivity index (χ0) is 35.7. The quantitative estimate of drug-likeness (QED) is 0.0611. The van der Waals surface area contributed by atoms with E-state index in [2.05, 4.69) is 15.4 Å². The Balaban J connectivity index is 1.64. The molecule has 1 amide bonds. The van der Waals surface area contributed by atoms with E-state index in [1.54, 1.807) is 72.8 Å². The van der Waals surface area contributed by atoms with Crippen molar-refractivity contribution in [2.45, 2.75) is 23.6 Å². The minimum atomic E-state index is -4.20. The van der Waals surface area contributed by atoms with E-state index >= 15 is 0 Å². The Morgan fingerprint density at radius 3 is 2.00 bits per heavy atom. The second-order valence-electron chi connectivity index (χ2n) is 11.0. The minimum Gasteiger partial charge on any atom is -0.493 e. The van der Waals surface area contributed by atoms with E-state index < -0.39 is 34.0 Å². The maximum atomic E-state index is 14.3. The van der Waals surface area contributed by atoms with E-state index in [0.717, 1.165) is 5.56 Å². The van der Waals surface area contributed by atoms with Crippen LogP contribution in [0.4, 0.5) is 11.4 Å². The summed E-state index contributed by atoms with van der Waals surface area (Å²) in [5, 5.41) is 23.5. The number of hydrogen-bond acceptors (Lipinski definition) is 8. The van der Waals surface area contributed by atoms with Gasteiger partial charge >= 0.3 is 5.97 Å². The fourth-order valence-electron chi connectivity index (χ4n) is 5.07. The number of benzene rings is 5. The second-order valence-corrected chi connectivity index (χ2v) is 12.7. The Labute approximate surface area is 289 Å². The van der Waals surface area contributed by atoms with Crippen LogP contribution in [-0.4, -0.2) is 38.3 Å². The Bertz CT molecular complexity index is 2060. The van der Waals surface area contributed by atoms with Crippen LogP contribution >= 0.6 is 0 Å². The number of nitrogen functional groups attached to an aromatic ring is 1. The number of hydrogen-bond donors (Lipinski definition) is 6. The molecule has 0 heterocycles. The van der Waals surface area contributed by atoms with Gasteiger partial charge in [0.1, 0.15) is 18.5 Å². The predicted octanol–water partition coefficient (Wildman–Crippen LogP) is 5.45. The first kappa shape index (κ1) is 35.0. The predicted molar refractivity (Wildman–Crippen MR) is 190 cm³/mol. The van der Waals surface area contributed by atoms with Gasteiger partial charge in [0.25, 0.3) is 10.0 Å². The fourth-order valence-corrected chi connectivity index (χ4v) is 6.17. The van der Waals surface area contributed by atoms with E-state index in [-0.39, 0.29) is 40.1 Å². The van der Waals surface area contributed by atoms with Gasteiger partial charge in [0.05, 0.1) is 17.7 Å². The number of amides is 1. The SMILES string of the molecule is COc1cc([C@H](Nc2ccc(C(=N)N)cc2)C(=O)N[C@H](C(=O)O)c2ccccc2)c(NS(=O)(=O)c2ccccc2)cc1OCc1ccccc1. The van der Waals surface area contributed by atoms with Gasteiger partial charge in [0, 0.05) is 22.9 Å². The lowest BCUT2D eigenvalue weighted by molar-refractivity contribution is -0.142. The molecule has 0 saturated carbocycles. The number of sulfonamides is 1. The molecule has 0 aliphatic heterocycles. The van der Waals surface area contributed by atoms with Crippen LogP contribution in [-0.2, 0) is 26.2 Å². The number of amidine groups is 1. The van der Waals surface area contributed by atoms with Gasteiger partial charge < -0.3 is 30.9 Å². The molecule has 0 fully saturated rings. The van der Waals surface area contributed by atoms with Crippen LogP contribution in [0, 0.1) is 5.41 Å². The van der Waals surface area contributed by atoms with Crippen molar-refractivity contribution in [1.82, 2.24) is 5.32 Å². The highest BCUT2D eigenvalue weighted by Gasteiger charge is 2.32. The molecule has 0 aliphatic carbocycles. The van der Waals surface area contributed by atoms with Crippen molar-refractivity contribution >= 4 is 39.1 Å². The first-order chi connectivity index (χ1) is 24.1. The maximum Gasteiger partial charge on any atom is 0.330 e. The van der Waals surface area contributed by atoms with Crippen LogP contribution in [0.3, 0.4) is 0 Å². The highest BCUT2D eigenvalue weighted by Crippen LogP contribution is 2.39. The molecule has 50 heavy (non-hydrogen) atoms. The summed E-state index contributed by atoms with van der Waals surface area (Å²) in [6.07, 6.45) is 0. The number of anilines is 2. The molecule has 256 valence electrons. The van der Waals surface area contributed by atoms with Crippen LogP contribution in [0.2, 0.25) is 0 Å². The van der Waals surface area contributed by atoms with Crippen LogP contribution < -0.4 is 30.6 Å². The molecular weight excluding hydrogens is 659 g/mol. The molecular formula is C37H35N5O7S. The number of carbonyl (C=O) groups excluding carboxylic acids is 1. The summed E-state index contributed by atoms with van der Waals surface area (Å²) in [5.74, 6) is -1.89. The van der Waals surface area contributed by atoms with E-state index in [4.69, 9.17) is 20.6 Å². The molecule has 5 rings (SSSR count). The summed E-state index contributed by atoms with van der Waals surface area (Å²) in [4.78, 5) is 26.6. The van der Waals surface area contributed by atoms with Crippen LogP contribution in [0.5, 0.6) is 11.5 Å². The van der Waals surface area contributed by atoms with E-state index in [0.29, 0.717) is 16.8 Å². The molecule has 0 unspecified atom stereocenters. The second kappa shape index (κ2) is 15.7. The van der Waals surface area contributed by atoms with Gasteiger partial charge in [0.2, 0.25) is 5.91 Å². The molecule has 5 aromatic rings.